The van der Waals surface area contributed by atoms with Crippen molar-refractivity contribution in [3.05, 3.63) is 12.2 Å². The minimum Gasteiger partial charge on any atom is -0.481 e. The van der Waals surface area contributed by atoms with Gasteiger partial charge in [0.05, 0.1) is 5.92 Å². The summed E-state index contributed by atoms with van der Waals surface area (Å²) < 4.78 is 0. The number of aliphatic hydroxyl groups is 1. The van der Waals surface area contributed by atoms with Gasteiger partial charge >= 0.3 is 5.97 Å². The van der Waals surface area contributed by atoms with Crippen molar-refractivity contribution in [1.29, 1.82) is 0 Å². The molecule has 0 fully saturated rings. The fraction of sp³-hybridized carbons (Fsp3) is 0.625. The molecule has 0 heterocycles. The summed E-state index contributed by atoms with van der Waals surface area (Å²) in [6.07, 6.45) is 4.45. The van der Waals surface area contributed by atoms with E-state index in [0.717, 1.165) is 0 Å². The predicted octanol–water partition coefficient (Wildman–Crippen LogP) is 1.04. The molecule has 0 bridgehead atoms. The van der Waals surface area contributed by atoms with Crippen molar-refractivity contribution >= 4 is 5.97 Å². The van der Waals surface area contributed by atoms with Gasteiger partial charge in [0.2, 0.25) is 0 Å². The first-order valence-electron chi connectivity index (χ1n) is 3.72. The fourth-order valence-corrected chi connectivity index (χ4v) is 0.728. The van der Waals surface area contributed by atoms with Gasteiger partial charge in [-0.15, -0.1) is 0 Å². The van der Waals surface area contributed by atoms with Crippen LogP contribution in [0.4, 0.5) is 0 Å². The lowest BCUT2D eigenvalue weighted by Crippen LogP contribution is -2.09. The van der Waals surface area contributed by atoms with E-state index in [2.05, 4.69) is 0 Å². The smallest absolute Gasteiger partial charge is 0.310 e. The highest BCUT2D eigenvalue weighted by molar-refractivity contribution is 5.71. The third kappa shape index (κ3) is 4.56. The zero-order valence-corrected chi connectivity index (χ0v) is 6.66. The first-order valence-corrected chi connectivity index (χ1v) is 3.72. The maximum absolute atomic E-state index is 10.4. The van der Waals surface area contributed by atoms with Crippen LogP contribution in [0, 0.1) is 5.92 Å². The number of rotatable bonds is 5. The van der Waals surface area contributed by atoms with Crippen LogP contribution < -0.4 is 0 Å². The molecule has 0 saturated heterocycles. The van der Waals surface area contributed by atoms with Crippen LogP contribution >= 0.6 is 0 Å². The molecule has 0 spiro atoms. The number of aliphatic carboxylic acids is 1. The standard InChI is InChI=1S/C8H14O3/c1-2-7(8(10)11)5-3-4-6-9/h3,5,7,9H,2,4,6H2,1H3,(H,10,11). The van der Waals surface area contributed by atoms with Gasteiger partial charge in [0.15, 0.2) is 0 Å². The van der Waals surface area contributed by atoms with Gasteiger partial charge in [0.1, 0.15) is 0 Å². The molecule has 0 saturated carbocycles. The van der Waals surface area contributed by atoms with Crippen molar-refractivity contribution in [3.63, 3.8) is 0 Å². The zero-order valence-electron chi connectivity index (χ0n) is 6.66. The van der Waals surface area contributed by atoms with Crippen LogP contribution in [-0.2, 0) is 4.79 Å². The Balaban J connectivity index is 3.77. The van der Waals surface area contributed by atoms with Gasteiger partial charge in [-0.2, -0.15) is 0 Å². The Hall–Kier alpha value is -0.830. The molecule has 0 aromatic rings. The quantitative estimate of drug-likeness (QED) is 0.588. The van der Waals surface area contributed by atoms with Crippen molar-refractivity contribution in [2.75, 3.05) is 6.61 Å². The summed E-state index contributed by atoms with van der Waals surface area (Å²) in [6.45, 7) is 1.90. The zero-order chi connectivity index (χ0) is 8.69. The van der Waals surface area contributed by atoms with E-state index in [1.165, 1.54) is 0 Å². The van der Waals surface area contributed by atoms with E-state index in [9.17, 15) is 4.79 Å². The molecule has 0 aliphatic heterocycles. The van der Waals surface area contributed by atoms with Crippen LogP contribution in [0.2, 0.25) is 0 Å². The van der Waals surface area contributed by atoms with Crippen molar-refractivity contribution in [2.24, 2.45) is 5.92 Å². The van der Waals surface area contributed by atoms with Crippen LogP contribution in [-0.4, -0.2) is 22.8 Å². The van der Waals surface area contributed by atoms with Gasteiger partial charge < -0.3 is 10.2 Å². The SMILES string of the molecule is CCC(C=CCCO)C(=O)O. The van der Waals surface area contributed by atoms with E-state index in [0.29, 0.717) is 12.8 Å². The second-order valence-corrected chi connectivity index (χ2v) is 2.29. The van der Waals surface area contributed by atoms with E-state index in [-0.39, 0.29) is 6.61 Å². The van der Waals surface area contributed by atoms with Gasteiger partial charge in [-0.3, -0.25) is 4.79 Å². The highest BCUT2D eigenvalue weighted by Gasteiger charge is 2.09. The normalized spacial score (nSPS) is 13.6. The molecule has 0 amide bonds. The maximum Gasteiger partial charge on any atom is 0.310 e. The average Bonchev–Trinajstić information content (AvgIpc) is 1.97. The summed E-state index contributed by atoms with van der Waals surface area (Å²) >= 11 is 0. The first-order chi connectivity index (χ1) is 5.22. The van der Waals surface area contributed by atoms with Crippen molar-refractivity contribution in [2.45, 2.75) is 19.8 Å². The molecule has 2 N–H and O–H groups in total. The summed E-state index contributed by atoms with van der Waals surface area (Å²) in [5.74, 6) is -1.21. The molecule has 11 heavy (non-hydrogen) atoms. The van der Waals surface area contributed by atoms with Crippen LogP contribution in [0.5, 0.6) is 0 Å². The number of hydrogen-bond acceptors (Lipinski definition) is 2. The highest BCUT2D eigenvalue weighted by Crippen LogP contribution is 2.04. The number of carboxylic acids is 1. The van der Waals surface area contributed by atoms with Crippen molar-refractivity contribution < 1.29 is 15.0 Å². The third-order valence-electron chi connectivity index (χ3n) is 1.42. The predicted molar refractivity (Wildman–Crippen MR) is 42.3 cm³/mol. The molecule has 3 nitrogen and oxygen atoms in total. The molecule has 0 radical (unpaired) electrons. The number of hydrogen-bond donors (Lipinski definition) is 2. The minimum atomic E-state index is -0.804. The number of carboxylic acid groups (broad SMARTS) is 1. The Bertz CT molecular complexity index is 140. The summed E-state index contributed by atoms with van der Waals surface area (Å²) in [5.41, 5.74) is 0. The molecule has 0 aromatic heterocycles. The molecule has 1 atom stereocenters. The Morgan fingerprint density at radius 3 is 2.64 bits per heavy atom. The fourth-order valence-electron chi connectivity index (χ4n) is 0.728. The Morgan fingerprint density at radius 2 is 2.27 bits per heavy atom. The minimum absolute atomic E-state index is 0.0759. The van der Waals surface area contributed by atoms with Gasteiger partial charge in [-0.25, -0.2) is 0 Å². The van der Waals surface area contributed by atoms with Crippen LogP contribution in [0.3, 0.4) is 0 Å². The van der Waals surface area contributed by atoms with Crippen molar-refractivity contribution in [1.82, 2.24) is 0 Å². The topological polar surface area (TPSA) is 57.5 Å². The van der Waals surface area contributed by atoms with Gasteiger partial charge in [-0.1, -0.05) is 19.1 Å². The second kappa shape index (κ2) is 5.92. The van der Waals surface area contributed by atoms with Crippen LogP contribution in [0.1, 0.15) is 19.8 Å². The molecule has 0 aliphatic rings. The van der Waals surface area contributed by atoms with E-state index in [1.807, 2.05) is 6.92 Å². The van der Waals surface area contributed by atoms with Gasteiger partial charge in [0, 0.05) is 6.61 Å². The Morgan fingerprint density at radius 1 is 1.64 bits per heavy atom. The van der Waals surface area contributed by atoms with E-state index < -0.39 is 11.9 Å². The average molecular weight is 158 g/mol. The largest absolute Gasteiger partial charge is 0.481 e. The summed E-state index contributed by atoms with van der Waals surface area (Å²) in [6, 6.07) is 0. The second-order valence-electron chi connectivity index (χ2n) is 2.29. The maximum atomic E-state index is 10.4. The molecular formula is C8H14O3. The molecule has 0 rings (SSSR count). The van der Waals surface area contributed by atoms with Gasteiger partial charge in [0.25, 0.3) is 0 Å². The van der Waals surface area contributed by atoms with Crippen molar-refractivity contribution in [3.8, 4) is 0 Å². The van der Waals surface area contributed by atoms with Crippen LogP contribution in [0.15, 0.2) is 12.2 Å². The monoisotopic (exact) mass is 158 g/mol. The lowest BCUT2D eigenvalue weighted by atomic mass is 10.1. The van der Waals surface area contributed by atoms with E-state index >= 15 is 0 Å². The third-order valence-corrected chi connectivity index (χ3v) is 1.42. The summed E-state index contributed by atoms with van der Waals surface area (Å²) in [7, 11) is 0. The number of aliphatic hydroxyl groups excluding tert-OH is 1. The molecule has 64 valence electrons. The van der Waals surface area contributed by atoms with Crippen LogP contribution in [0.25, 0.3) is 0 Å². The molecular weight excluding hydrogens is 144 g/mol. The van der Waals surface area contributed by atoms with Gasteiger partial charge in [-0.05, 0) is 12.8 Å². The molecule has 1 unspecified atom stereocenters. The summed E-state index contributed by atoms with van der Waals surface area (Å²) in [4.78, 5) is 10.4. The number of carbonyl (C=O) groups is 1. The first kappa shape index (κ1) is 10.2. The lowest BCUT2D eigenvalue weighted by molar-refractivity contribution is -0.140. The highest BCUT2D eigenvalue weighted by atomic mass is 16.4. The Kier molecular flexibility index (Phi) is 5.47. The van der Waals surface area contributed by atoms with E-state index in [1.54, 1.807) is 12.2 Å². The van der Waals surface area contributed by atoms with E-state index in [4.69, 9.17) is 10.2 Å². The summed E-state index contributed by atoms with van der Waals surface area (Å²) in [5, 5.41) is 17.0. The Labute approximate surface area is 66.4 Å². The molecule has 0 aromatic carbocycles. The molecule has 3 heteroatoms. The molecule has 0 aliphatic carbocycles. The lowest BCUT2D eigenvalue weighted by Gasteiger charge is -2.01.